The lowest BCUT2D eigenvalue weighted by Crippen LogP contribution is -2.26. The molecule has 1 aromatic heterocycles. The summed E-state index contributed by atoms with van der Waals surface area (Å²) in [6.45, 7) is 1.13. The average molecular weight is 283 g/mol. The van der Waals surface area contributed by atoms with E-state index in [0.717, 1.165) is 37.5 Å². The van der Waals surface area contributed by atoms with E-state index in [1.54, 1.807) is 0 Å². The van der Waals surface area contributed by atoms with E-state index < -0.39 is 0 Å². The Morgan fingerprint density at radius 1 is 1.14 bits per heavy atom. The van der Waals surface area contributed by atoms with E-state index in [2.05, 4.69) is 39.0 Å². The van der Waals surface area contributed by atoms with Crippen LogP contribution in [-0.2, 0) is 19.4 Å². The van der Waals surface area contributed by atoms with Gasteiger partial charge in [-0.3, -0.25) is 0 Å². The fourth-order valence-electron chi connectivity index (χ4n) is 3.84. The molecule has 2 unspecified atom stereocenters. The third-order valence-corrected chi connectivity index (χ3v) is 5.01. The van der Waals surface area contributed by atoms with Gasteiger partial charge in [0.1, 0.15) is 11.6 Å². The van der Waals surface area contributed by atoms with Gasteiger partial charge in [-0.1, -0.05) is 24.3 Å². The number of hydrogen-bond donors (Lipinski definition) is 1. The van der Waals surface area contributed by atoms with Crippen LogP contribution in [0.4, 0.5) is 0 Å². The molecule has 2 heterocycles. The van der Waals surface area contributed by atoms with Crippen molar-refractivity contribution in [2.75, 3.05) is 6.61 Å². The molecule has 4 nitrogen and oxygen atoms in total. The number of aromatic nitrogens is 3. The van der Waals surface area contributed by atoms with E-state index in [-0.39, 0.29) is 6.61 Å². The van der Waals surface area contributed by atoms with Gasteiger partial charge in [-0.25, -0.2) is 0 Å². The molecule has 1 aromatic carbocycles. The van der Waals surface area contributed by atoms with Crippen LogP contribution in [0.2, 0.25) is 0 Å². The van der Waals surface area contributed by atoms with Crippen LogP contribution in [0.15, 0.2) is 24.3 Å². The molecule has 1 aliphatic carbocycles. The normalized spacial score (nSPS) is 24.4. The number of hydrogen-bond acceptors (Lipinski definition) is 3. The molecule has 2 aliphatic rings. The maximum Gasteiger partial charge on any atom is 0.140 e. The van der Waals surface area contributed by atoms with Crippen LogP contribution in [0.25, 0.3) is 0 Å². The summed E-state index contributed by atoms with van der Waals surface area (Å²) >= 11 is 0. The monoisotopic (exact) mass is 283 g/mol. The molecular formula is C17H21N3O. The first-order valence-electron chi connectivity index (χ1n) is 7.97. The first-order chi connectivity index (χ1) is 10.4. The van der Waals surface area contributed by atoms with Crippen molar-refractivity contribution in [3.63, 3.8) is 0 Å². The Hall–Kier alpha value is -1.68. The lowest BCUT2D eigenvalue weighted by Gasteiger charge is -2.28. The second-order valence-corrected chi connectivity index (χ2v) is 6.32. The number of aliphatic hydroxyl groups is 1. The highest BCUT2D eigenvalue weighted by atomic mass is 16.3. The van der Waals surface area contributed by atoms with E-state index in [1.165, 1.54) is 24.0 Å². The minimum absolute atomic E-state index is 0.262. The molecular weight excluding hydrogens is 262 g/mol. The summed E-state index contributed by atoms with van der Waals surface area (Å²) in [5.41, 5.74) is 2.88. The van der Waals surface area contributed by atoms with Gasteiger partial charge in [0, 0.05) is 31.4 Å². The fourth-order valence-corrected chi connectivity index (χ4v) is 3.84. The molecule has 1 aliphatic heterocycles. The molecule has 0 amide bonds. The Balaban J connectivity index is 1.74. The van der Waals surface area contributed by atoms with Gasteiger partial charge >= 0.3 is 0 Å². The van der Waals surface area contributed by atoms with E-state index >= 15 is 0 Å². The predicted molar refractivity (Wildman–Crippen MR) is 80.1 cm³/mol. The Bertz CT molecular complexity index is 649. The zero-order valence-electron chi connectivity index (χ0n) is 12.2. The quantitative estimate of drug-likeness (QED) is 0.920. The standard InChI is InChI=1S/C17H21N3O/c21-11-12-8-9-16-18-19-17(20(16)10-12)15-7-3-5-13-4-1-2-6-14(13)15/h1-2,4,6,12,15,21H,3,5,7-11H2. The molecule has 2 atom stereocenters. The lowest BCUT2D eigenvalue weighted by molar-refractivity contribution is 0.189. The third kappa shape index (κ3) is 2.18. The summed E-state index contributed by atoms with van der Waals surface area (Å²) < 4.78 is 2.27. The highest BCUT2D eigenvalue weighted by molar-refractivity contribution is 5.36. The minimum atomic E-state index is 0.262. The highest BCUT2D eigenvalue weighted by Gasteiger charge is 2.29. The summed E-state index contributed by atoms with van der Waals surface area (Å²) in [7, 11) is 0. The molecule has 0 saturated heterocycles. The van der Waals surface area contributed by atoms with Gasteiger partial charge in [-0.05, 0) is 36.8 Å². The number of nitrogens with zero attached hydrogens (tertiary/aromatic N) is 3. The summed E-state index contributed by atoms with van der Waals surface area (Å²) in [6.07, 6.45) is 5.50. The van der Waals surface area contributed by atoms with Gasteiger partial charge in [0.05, 0.1) is 0 Å². The summed E-state index contributed by atoms with van der Waals surface area (Å²) in [5, 5.41) is 18.4. The zero-order valence-corrected chi connectivity index (χ0v) is 12.2. The van der Waals surface area contributed by atoms with Crippen molar-refractivity contribution in [3.05, 3.63) is 47.0 Å². The van der Waals surface area contributed by atoms with Crippen LogP contribution in [0.3, 0.4) is 0 Å². The Labute approximate surface area is 124 Å². The molecule has 0 radical (unpaired) electrons. The SMILES string of the molecule is OCC1CCc2nnc(C3CCCc4ccccc43)n2C1. The molecule has 0 spiro atoms. The van der Waals surface area contributed by atoms with Gasteiger partial charge in [-0.2, -0.15) is 0 Å². The van der Waals surface area contributed by atoms with Crippen LogP contribution in [0, 0.1) is 5.92 Å². The Morgan fingerprint density at radius 2 is 2.05 bits per heavy atom. The molecule has 110 valence electrons. The number of aryl methyl sites for hydroxylation is 2. The molecule has 0 bridgehead atoms. The van der Waals surface area contributed by atoms with Crippen molar-refractivity contribution in [2.24, 2.45) is 5.92 Å². The smallest absolute Gasteiger partial charge is 0.140 e. The van der Waals surface area contributed by atoms with Gasteiger partial charge in [-0.15, -0.1) is 10.2 Å². The van der Waals surface area contributed by atoms with Crippen LogP contribution in [-0.4, -0.2) is 26.5 Å². The van der Waals surface area contributed by atoms with E-state index in [0.29, 0.717) is 11.8 Å². The number of fused-ring (bicyclic) bond motifs is 2. The minimum Gasteiger partial charge on any atom is -0.396 e. The lowest BCUT2D eigenvalue weighted by atomic mass is 9.82. The predicted octanol–water partition coefficient (Wildman–Crippen LogP) is 2.30. The van der Waals surface area contributed by atoms with E-state index in [1.807, 2.05) is 0 Å². The molecule has 0 saturated carbocycles. The van der Waals surface area contributed by atoms with Gasteiger partial charge in [0.25, 0.3) is 0 Å². The highest BCUT2D eigenvalue weighted by Crippen LogP contribution is 2.37. The van der Waals surface area contributed by atoms with Crippen LogP contribution >= 0.6 is 0 Å². The molecule has 2 aromatic rings. The Morgan fingerprint density at radius 3 is 2.95 bits per heavy atom. The zero-order chi connectivity index (χ0) is 14.2. The second-order valence-electron chi connectivity index (χ2n) is 6.32. The average Bonchev–Trinajstić information content (AvgIpc) is 2.97. The number of benzene rings is 1. The largest absolute Gasteiger partial charge is 0.396 e. The summed E-state index contributed by atoms with van der Waals surface area (Å²) in [6, 6.07) is 8.74. The molecule has 4 rings (SSSR count). The first kappa shape index (κ1) is 13.0. The maximum absolute atomic E-state index is 9.46. The molecule has 1 N–H and O–H groups in total. The van der Waals surface area contributed by atoms with Crippen LogP contribution < -0.4 is 0 Å². The van der Waals surface area contributed by atoms with Gasteiger partial charge in [0.2, 0.25) is 0 Å². The van der Waals surface area contributed by atoms with Gasteiger partial charge < -0.3 is 9.67 Å². The van der Waals surface area contributed by atoms with Crippen LogP contribution in [0.1, 0.15) is 48.0 Å². The van der Waals surface area contributed by atoms with Crippen LogP contribution in [0.5, 0.6) is 0 Å². The first-order valence-corrected chi connectivity index (χ1v) is 7.97. The summed E-state index contributed by atoms with van der Waals surface area (Å²) in [5.74, 6) is 2.92. The van der Waals surface area contributed by atoms with E-state index in [9.17, 15) is 5.11 Å². The Kier molecular flexibility index (Phi) is 3.26. The van der Waals surface area contributed by atoms with Crippen molar-refractivity contribution in [1.29, 1.82) is 0 Å². The van der Waals surface area contributed by atoms with Crippen molar-refractivity contribution < 1.29 is 5.11 Å². The molecule has 4 heteroatoms. The summed E-state index contributed by atoms with van der Waals surface area (Å²) in [4.78, 5) is 0. The molecule has 21 heavy (non-hydrogen) atoms. The number of aliphatic hydroxyl groups excluding tert-OH is 1. The topological polar surface area (TPSA) is 50.9 Å². The van der Waals surface area contributed by atoms with Crippen molar-refractivity contribution >= 4 is 0 Å². The maximum atomic E-state index is 9.46. The van der Waals surface area contributed by atoms with Gasteiger partial charge in [0.15, 0.2) is 0 Å². The third-order valence-electron chi connectivity index (χ3n) is 5.01. The molecule has 0 fully saturated rings. The van der Waals surface area contributed by atoms with Crippen molar-refractivity contribution in [2.45, 2.75) is 44.6 Å². The number of rotatable bonds is 2. The van der Waals surface area contributed by atoms with Crippen molar-refractivity contribution in [3.8, 4) is 0 Å². The van der Waals surface area contributed by atoms with Crippen molar-refractivity contribution in [1.82, 2.24) is 14.8 Å². The fraction of sp³-hybridized carbons (Fsp3) is 0.529. The second kappa shape index (κ2) is 5.26. The van der Waals surface area contributed by atoms with E-state index in [4.69, 9.17) is 0 Å².